The summed E-state index contributed by atoms with van der Waals surface area (Å²) in [4.78, 5) is 11.4. The third kappa shape index (κ3) is 2.84. The van der Waals surface area contributed by atoms with Crippen LogP contribution in [0, 0.1) is 11.3 Å². The average Bonchev–Trinajstić information content (AvgIpc) is 2.82. The maximum Gasteiger partial charge on any atom is 0.185 e. The Morgan fingerprint density at radius 3 is 2.82 bits per heavy atom. The van der Waals surface area contributed by atoms with Crippen LogP contribution >= 0.6 is 0 Å². The first-order chi connectivity index (χ1) is 13.7. The lowest BCUT2D eigenvalue weighted by Crippen LogP contribution is -2.40. The molecular formula is C20H22N6O2. The van der Waals surface area contributed by atoms with Crippen LogP contribution in [-0.4, -0.2) is 49.4 Å². The summed E-state index contributed by atoms with van der Waals surface area (Å²) in [6, 6.07) is 6.22. The highest BCUT2D eigenvalue weighted by molar-refractivity contribution is 5.75. The van der Waals surface area contributed by atoms with Crippen LogP contribution < -0.4 is 20.3 Å². The van der Waals surface area contributed by atoms with Crippen LogP contribution in [0.15, 0.2) is 18.3 Å². The molecule has 0 bridgehead atoms. The second-order valence-corrected chi connectivity index (χ2v) is 7.32. The summed E-state index contributed by atoms with van der Waals surface area (Å²) in [5.41, 5.74) is 4.07. The van der Waals surface area contributed by atoms with E-state index in [-0.39, 0.29) is 6.10 Å². The van der Waals surface area contributed by atoms with Crippen molar-refractivity contribution < 1.29 is 9.47 Å². The fourth-order valence-corrected chi connectivity index (χ4v) is 3.95. The molecule has 28 heavy (non-hydrogen) atoms. The van der Waals surface area contributed by atoms with Crippen molar-refractivity contribution >= 4 is 17.2 Å². The predicted octanol–water partition coefficient (Wildman–Crippen LogP) is 2.07. The van der Waals surface area contributed by atoms with Gasteiger partial charge in [-0.2, -0.15) is 5.26 Å². The van der Waals surface area contributed by atoms with Gasteiger partial charge in [0.1, 0.15) is 18.0 Å². The van der Waals surface area contributed by atoms with Crippen LogP contribution in [0.25, 0.3) is 0 Å². The summed E-state index contributed by atoms with van der Waals surface area (Å²) in [7, 11) is 0. The largest absolute Gasteiger partial charge is 0.481 e. The number of nitrogens with zero attached hydrogens (tertiary/aromatic N) is 4. The SMILES string of the molecule is CC1Oc2c(cc(C3CNC3)nc2C#N)Nc2nccc(N3CCOCC3)c21. The predicted molar refractivity (Wildman–Crippen MR) is 104 cm³/mol. The number of hydrogen-bond acceptors (Lipinski definition) is 8. The smallest absolute Gasteiger partial charge is 0.185 e. The maximum absolute atomic E-state index is 9.67. The number of rotatable bonds is 2. The quantitative estimate of drug-likeness (QED) is 0.820. The maximum atomic E-state index is 9.67. The first kappa shape index (κ1) is 17.2. The van der Waals surface area contributed by atoms with Crippen LogP contribution in [0.1, 0.15) is 35.9 Å². The number of morpholine rings is 1. The van der Waals surface area contributed by atoms with E-state index in [0.717, 1.165) is 54.6 Å². The first-order valence-corrected chi connectivity index (χ1v) is 9.65. The fourth-order valence-electron chi connectivity index (χ4n) is 3.95. The Morgan fingerprint density at radius 1 is 1.29 bits per heavy atom. The number of aromatic nitrogens is 2. The number of nitrogens with one attached hydrogen (secondary N) is 2. The lowest BCUT2D eigenvalue weighted by atomic mass is 9.98. The molecule has 2 fully saturated rings. The van der Waals surface area contributed by atoms with E-state index in [0.29, 0.717) is 30.6 Å². The van der Waals surface area contributed by atoms with E-state index in [4.69, 9.17) is 9.47 Å². The highest BCUT2D eigenvalue weighted by Gasteiger charge is 2.30. The molecule has 0 aromatic carbocycles. The molecular weight excluding hydrogens is 356 g/mol. The lowest BCUT2D eigenvalue weighted by Gasteiger charge is -2.31. The van der Waals surface area contributed by atoms with Gasteiger partial charge in [0, 0.05) is 49.7 Å². The van der Waals surface area contributed by atoms with E-state index in [1.165, 1.54) is 0 Å². The van der Waals surface area contributed by atoms with Crippen molar-refractivity contribution in [1.82, 2.24) is 15.3 Å². The molecule has 5 heterocycles. The summed E-state index contributed by atoms with van der Waals surface area (Å²) < 4.78 is 11.8. The van der Waals surface area contributed by atoms with Gasteiger partial charge in [0.2, 0.25) is 0 Å². The summed E-state index contributed by atoms with van der Waals surface area (Å²) in [5, 5.41) is 16.3. The van der Waals surface area contributed by atoms with Gasteiger partial charge in [-0.15, -0.1) is 0 Å². The molecule has 8 heteroatoms. The molecule has 1 atom stereocenters. The Morgan fingerprint density at radius 2 is 2.11 bits per heavy atom. The molecule has 3 aliphatic rings. The van der Waals surface area contributed by atoms with E-state index in [9.17, 15) is 5.26 Å². The molecule has 0 aliphatic carbocycles. The zero-order valence-corrected chi connectivity index (χ0v) is 15.7. The van der Waals surface area contributed by atoms with E-state index in [1.807, 2.05) is 25.3 Å². The van der Waals surface area contributed by atoms with Crippen LogP contribution in [-0.2, 0) is 4.74 Å². The van der Waals surface area contributed by atoms with E-state index in [2.05, 4.69) is 31.6 Å². The van der Waals surface area contributed by atoms with E-state index < -0.39 is 0 Å². The minimum atomic E-state index is -0.264. The third-order valence-electron chi connectivity index (χ3n) is 5.57. The summed E-state index contributed by atoms with van der Waals surface area (Å²) >= 11 is 0. The van der Waals surface area contributed by atoms with Crippen molar-refractivity contribution in [3.05, 3.63) is 35.3 Å². The molecule has 8 nitrogen and oxygen atoms in total. The Balaban J connectivity index is 1.59. The van der Waals surface area contributed by atoms with Gasteiger partial charge in [0.25, 0.3) is 0 Å². The molecule has 0 amide bonds. The normalized spacial score (nSPS) is 21.3. The average molecular weight is 378 g/mol. The Kier molecular flexibility index (Phi) is 4.26. The zero-order valence-electron chi connectivity index (χ0n) is 15.7. The Hall–Kier alpha value is -2.89. The molecule has 2 N–H and O–H groups in total. The van der Waals surface area contributed by atoms with Crippen molar-refractivity contribution in [2.45, 2.75) is 18.9 Å². The molecule has 2 aromatic heterocycles. The molecule has 0 saturated carbocycles. The molecule has 144 valence electrons. The van der Waals surface area contributed by atoms with Gasteiger partial charge in [-0.3, -0.25) is 0 Å². The minimum absolute atomic E-state index is 0.264. The Bertz CT molecular complexity index is 946. The van der Waals surface area contributed by atoms with Crippen LogP contribution in [0.4, 0.5) is 17.2 Å². The molecule has 1 unspecified atom stereocenters. The van der Waals surface area contributed by atoms with Gasteiger partial charge >= 0.3 is 0 Å². The highest BCUT2D eigenvalue weighted by atomic mass is 16.5. The standard InChI is InChI=1S/C20H22N6O2/c1-12-18-17(26-4-6-27-7-5-26)2-3-23-20(18)25-15-8-14(13-10-22-11-13)24-16(9-21)19(15)28-12/h2-3,8,12-13,22H,4-7,10-11H2,1H3,(H,23,25). The number of fused-ring (bicyclic) bond motifs is 2. The van der Waals surface area contributed by atoms with Gasteiger partial charge in [-0.1, -0.05) is 0 Å². The molecule has 2 saturated heterocycles. The van der Waals surface area contributed by atoms with E-state index >= 15 is 0 Å². The van der Waals surface area contributed by atoms with Gasteiger partial charge in [0.05, 0.1) is 24.5 Å². The van der Waals surface area contributed by atoms with Gasteiger partial charge in [-0.05, 0) is 19.1 Å². The van der Waals surface area contributed by atoms with Crippen LogP contribution in [0.2, 0.25) is 0 Å². The summed E-state index contributed by atoms with van der Waals surface area (Å²) in [6.07, 6.45) is 1.55. The second-order valence-electron chi connectivity index (χ2n) is 7.32. The number of pyridine rings is 2. The fraction of sp³-hybridized carbons (Fsp3) is 0.450. The van der Waals surface area contributed by atoms with Gasteiger partial charge in [-0.25, -0.2) is 9.97 Å². The van der Waals surface area contributed by atoms with Gasteiger partial charge < -0.3 is 25.0 Å². The Labute approximate surface area is 163 Å². The first-order valence-electron chi connectivity index (χ1n) is 9.65. The number of hydrogen-bond donors (Lipinski definition) is 2. The van der Waals surface area contributed by atoms with E-state index in [1.54, 1.807) is 0 Å². The molecule has 3 aliphatic heterocycles. The summed E-state index contributed by atoms with van der Waals surface area (Å²) in [6.45, 7) is 6.84. The topological polar surface area (TPSA) is 95.3 Å². The number of nitriles is 1. The zero-order chi connectivity index (χ0) is 19.1. The minimum Gasteiger partial charge on any atom is -0.481 e. The van der Waals surface area contributed by atoms with Crippen LogP contribution in [0.5, 0.6) is 5.75 Å². The molecule has 0 radical (unpaired) electrons. The number of anilines is 3. The molecule has 2 aromatic rings. The van der Waals surface area contributed by atoms with Crippen molar-refractivity contribution in [1.29, 1.82) is 5.26 Å². The third-order valence-corrected chi connectivity index (χ3v) is 5.57. The van der Waals surface area contributed by atoms with Gasteiger partial charge in [0.15, 0.2) is 11.4 Å². The monoisotopic (exact) mass is 378 g/mol. The van der Waals surface area contributed by atoms with Crippen molar-refractivity contribution in [3.63, 3.8) is 0 Å². The van der Waals surface area contributed by atoms with Crippen molar-refractivity contribution in [2.75, 3.05) is 49.6 Å². The second kappa shape index (κ2) is 6.93. The lowest BCUT2D eigenvalue weighted by molar-refractivity contribution is 0.122. The summed E-state index contributed by atoms with van der Waals surface area (Å²) in [5.74, 6) is 1.59. The van der Waals surface area contributed by atoms with Crippen molar-refractivity contribution in [3.8, 4) is 11.8 Å². The number of ether oxygens (including phenoxy) is 2. The highest BCUT2D eigenvalue weighted by Crippen LogP contribution is 2.43. The van der Waals surface area contributed by atoms with Crippen LogP contribution in [0.3, 0.4) is 0 Å². The molecule has 0 spiro atoms. The molecule has 5 rings (SSSR count). The van der Waals surface area contributed by atoms with Crippen molar-refractivity contribution in [2.24, 2.45) is 0 Å².